The van der Waals surface area contributed by atoms with Crippen molar-refractivity contribution >= 4 is 34.6 Å². The third-order valence-corrected chi connectivity index (χ3v) is 14.5. The van der Waals surface area contributed by atoms with Gasteiger partial charge in [0.25, 0.3) is 0 Å². The van der Waals surface area contributed by atoms with Gasteiger partial charge in [-0.05, 0) is 56.5 Å². The lowest BCUT2D eigenvalue weighted by atomic mass is 9.73. The first-order valence-corrected chi connectivity index (χ1v) is 20.2. The summed E-state index contributed by atoms with van der Waals surface area (Å²) < 4.78 is 35.9. The van der Waals surface area contributed by atoms with Crippen molar-refractivity contribution in [1.29, 1.82) is 0 Å². The third kappa shape index (κ3) is 5.09. The zero-order valence-corrected chi connectivity index (χ0v) is 32.9. The second-order valence-corrected chi connectivity index (χ2v) is 16.8. The summed E-state index contributed by atoms with van der Waals surface area (Å²) in [5.74, 6) is 1.65. The number of rotatable bonds is 3. The standard InChI is InChI=1S/C42H44N4O10S/c1-6-53-41(50)56-35-20(3)36-37(55-18-54-36)29-26-15-52-16-27(47)42(39-23(11-12-43-42)22-9-7-8-10-24(22)44-39)17-57-38(30(29)35)32-31-28-21(13-19(2)34(51-5)33(28)48)14-25(45(31)4)40(49)46(26)32/h6-10,13,25-26,31-32,38,40,43-44,48-49H,1,11-12,14-18H2,2-5H3/t25-,26+,31+,32?,38+,40-,42-/m0/s1. The largest absolute Gasteiger partial charge is 0.518 e. The fraction of sp³-hybridized carbons (Fsp3) is 0.429. The smallest absolute Gasteiger partial charge is 0.504 e. The molecular weight excluding hydrogens is 753 g/mol. The van der Waals surface area contributed by atoms with E-state index < -0.39 is 41.3 Å². The Morgan fingerprint density at radius 3 is 2.75 bits per heavy atom. The molecule has 2 fully saturated rings. The Morgan fingerprint density at radius 2 is 1.95 bits per heavy atom. The van der Waals surface area contributed by atoms with Crippen LogP contribution in [-0.4, -0.2) is 102 Å². The van der Waals surface area contributed by atoms with Crippen molar-refractivity contribution in [1.82, 2.24) is 20.1 Å². The van der Waals surface area contributed by atoms with Crippen LogP contribution in [0.25, 0.3) is 10.9 Å². The minimum atomic E-state index is -1.19. The van der Waals surface area contributed by atoms with Crippen LogP contribution in [0.3, 0.4) is 0 Å². The highest BCUT2D eigenvalue weighted by Gasteiger charge is 2.61. The third-order valence-electron chi connectivity index (χ3n) is 13.0. The number of aromatic amines is 1. The number of nitrogens with one attached hydrogen (secondary N) is 2. The summed E-state index contributed by atoms with van der Waals surface area (Å²) in [7, 11) is 3.52. The van der Waals surface area contributed by atoms with Crippen LogP contribution in [0.2, 0.25) is 0 Å². The van der Waals surface area contributed by atoms with Crippen molar-refractivity contribution in [2.75, 3.05) is 46.5 Å². The van der Waals surface area contributed by atoms with E-state index in [9.17, 15) is 19.8 Å². The number of likely N-dealkylation sites (N-methyl/N-ethyl adjacent to an activating group) is 1. The van der Waals surface area contributed by atoms with Gasteiger partial charge in [0.1, 0.15) is 24.1 Å². The number of piperazine rings is 1. The molecule has 7 atom stereocenters. The predicted octanol–water partition coefficient (Wildman–Crippen LogP) is 4.96. The van der Waals surface area contributed by atoms with Gasteiger partial charge < -0.3 is 43.6 Å². The SMILES string of the molecule is C=COC(=O)Oc1c(C)c2c(c3c1[C@H]1SC[C@]4(NCCc5c4[nH]c4ccccc54)C(=O)COC[C@H]3N3C1[C@H]1c4c(cc(C)c(OC)c4O)C[C@@H]([C@@H]3O)N1C)OCO2. The number of carbonyl (C=O) groups is 2. The van der Waals surface area contributed by atoms with Crippen LogP contribution in [0.15, 0.2) is 43.2 Å². The van der Waals surface area contributed by atoms with Gasteiger partial charge in [-0.15, -0.1) is 11.8 Å². The number of aliphatic hydroxyl groups excluding tert-OH is 1. The lowest BCUT2D eigenvalue weighted by Gasteiger charge is -2.61. The molecule has 298 valence electrons. The van der Waals surface area contributed by atoms with Crippen molar-refractivity contribution in [3.05, 3.63) is 87.8 Å². The molecule has 0 saturated carbocycles. The second-order valence-electron chi connectivity index (χ2n) is 15.7. The monoisotopic (exact) mass is 796 g/mol. The molecule has 1 spiro atoms. The molecule has 7 aliphatic rings. The summed E-state index contributed by atoms with van der Waals surface area (Å²) in [5.41, 5.74) is 5.86. The number of benzene rings is 3. The summed E-state index contributed by atoms with van der Waals surface area (Å²) in [6.45, 7) is 7.52. The van der Waals surface area contributed by atoms with Crippen LogP contribution in [-0.2, 0) is 32.6 Å². The molecule has 0 radical (unpaired) electrons. The molecule has 14 nitrogen and oxygen atoms in total. The predicted molar refractivity (Wildman–Crippen MR) is 209 cm³/mol. The minimum absolute atomic E-state index is 0.0199. The van der Waals surface area contributed by atoms with E-state index >= 15 is 0 Å². The molecule has 8 heterocycles. The molecule has 0 aliphatic carbocycles. The number of aromatic nitrogens is 1. The number of carbonyl (C=O) groups excluding carboxylic acids is 2. The van der Waals surface area contributed by atoms with Crippen LogP contribution in [0.5, 0.6) is 28.7 Å². The normalized spacial score (nSPS) is 28.9. The molecule has 4 bridgehead atoms. The molecule has 1 aromatic heterocycles. The molecule has 2 saturated heterocycles. The number of aliphatic hydroxyl groups is 1. The summed E-state index contributed by atoms with van der Waals surface area (Å²) >= 11 is 1.53. The Morgan fingerprint density at radius 1 is 1.14 bits per heavy atom. The van der Waals surface area contributed by atoms with E-state index in [4.69, 9.17) is 28.4 Å². The highest BCUT2D eigenvalue weighted by molar-refractivity contribution is 7.99. The Kier molecular flexibility index (Phi) is 8.59. The summed E-state index contributed by atoms with van der Waals surface area (Å²) in [6, 6.07) is 7.95. The number of Topliss-reactive ketones (excluding diaryl/α,β-unsaturated/α-hetero) is 1. The van der Waals surface area contributed by atoms with Gasteiger partial charge in [0.15, 0.2) is 28.8 Å². The number of ketones is 1. The van der Waals surface area contributed by atoms with Gasteiger partial charge in [0.05, 0.1) is 43.4 Å². The van der Waals surface area contributed by atoms with E-state index in [-0.39, 0.29) is 49.1 Å². The molecule has 4 aromatic rings. The number of ether oxygens (including phenoxy) is 6. The average molecular weight is 797 g/mol. The van der Waals surface area contributed by atoms with E-state index in [0.717, 1.165) is 46.0 Å². The van der Waals surface area contributed by atoms with E-state index in [1.807, 2.05) is 38.2 Å². The van der Waals surface area contributed by atoms with Gasteiger partial charge in [0, 0.05) is 57.2 Å². The number of methoxy groups -OCH3 is 1. The second kappa shape index (κ2) is 13.4. The quantitative estimate of drug-likeness (QED) is 0.125. The number of H-pyrrole nitrogens is 1. The number of aryl methyl sites for hydroxylation is 1. The average Bonchev–Trinajstić information content (AvgIpc) is 3.83. The summed E-state index contributed by atoms with van der Waals surface area (Å²) in [6.07, 6.45) is 0.199. The zero-order chi connectivity index (χ0) is 39.5. The van der Waals surface area contributed by atoms with Crippen molar-refractivity contribution in [3.8, 4) is 28.7 Å². The number of phenols is 1. The number of nitrogens with zero attached hydrogens (tertiary/aromatic N) is 2. The van der Waals surface area contributed by atoms with Crippen molar-refractivity contribution < 1.29 is 48.2 Å². The maximum atomic E-state index is 14.8. The minimum Gasteiger partial charge on any atom is -0.504 e. The number of phenolic OH excluding ortho intramolecular Hbond substituents is 1. The highest BCUT2D eigenvalue weighted by Crippen LogP contribution is 2.64. The van der Waals surface area contributed by atoms with Crippen LogP contribution >= 0.6 is 11.8 Å². The first-order chi connectivity index (χ1) is 27.6. The summed E-state index contributed by atoms with van der Waals surface area (Å²) in [5, 5.41) is 28.9. The van der Waals surface area contributed by atoms with Crippen LogP contribution in [0.4, 0.5) is 4.79 Å². The Labute approximate surface area is 333 Å². The van der Waals surface area contributed by atoms with Gasteiger partial charge in [-0.2, -0.15) is 0 Å². The molecule has 11 rings (SSSR count). The van der Waals surface area contributed by atoms with Crippen molar-refractivity contribution in [3.63, 3.8) is 0 Å². The van der Waals surface area contributed by atoms with Crippen LogP contribution < -0.4 is 24.3 Å². The Hall–Kier alpha value is -4.77. The number of para-hydroxylation sites is 1. The van der Waals surface area contributed by atoms with E-state index in [1.165, 1.54) is 11.8 Å². The fourth-order valence-corrected chi connectivity index (χ4v) is 12.4. The van der Waals surface area contributed by atoms with E-state index in [0.29, 0.717) is 52.5 Å². The lowest BCUT2D eigenvalue weighted by Crippen LogP contribution is -2.69. The Bertz CT molecular complexity index is 2380. The Balaban J connectivity index is 1.25. The van der Waals surface area contributed by atoms with Gasteiger partial charge in [0.2, 0.25) is 6.79 Å². The van der Waals surface area contributed by atoms with E-state index in [1.54, 1.807) is 14.0 Å². The number of thioether (sulfide) groups is 1. The van der Waals surface area contributed by atoms with Crippen LogP contribution in [0, 0.1) is 13.8 Å². The number of hydrogen-bond acceptors (Lipinski definition) is 14. The fourth-order valence-electron chi connectivity index (χ4n) is 10.6. The zero-order valence-electron chi connectivity index (χ0n) is 32.0. The van der Waals surface area contributed by atoms with Crippen molar-refractivity contribution in [2.24, 2.45) is 0 Å². The van der Waals surface area contributed by atoms with Crippen molar-refractivity contribution in [2.45, 2.75) is 67.9 Å². The number of fused-ring (bicyclic) bond motifs is 12. The molecule has 15 heteroatoms. The molecule has 3 aromatic carbocycles. The maximum absolute atomic E-state index is 14.8. The molecule has 4 N–H and O–H groups in total. The molecule has 57 heavy (non-hydrogen) atoms. The highest BCUT2D eigenvalue weighted by atomic mass is 32.2. The summed E-state index contributed by atoms with van der Waals surface area (Å²) in [4.78, 5) is 35.9. The molecule has 0 amide bonds. The van der Waals surface area contributed by atoms with Crippen LogP contribution in [0.1, 0.15) is 62.0 Å². The molecule has 1 unspecified atom stereocenters. The maximum Gasteiger partial charge on any atom is 0.518 e. The molecule has 7 aliphatic heterocycles. The van der Waals surface area contributed by atoms with Gasteiger partial charge in [-0.3, -0.25) is 19.9 Å². The number of hydrogen-bond donors (Lipinski definition) is 4. The number of aromatic hydroxyl groups is 1. The van der Waals surface area contributed by atoms with Gasteiger partial charge in [-0.1, -0.05) is 30.8 Å². The first kappa shape index (κ1) is 36.6. The molecular formula is C42H44N4O10S. The van der Waals surface area contributed by atoms with E-state index in [2.05, 4.69) is 32.7 Å². The topological polar surface area (TPSA) is 164 Å². The first-order valence-electron chi connectivity index (χ1n) is 19.2. The van der Waals surface area contributed by atoms with Gasteiger partial charge >= 0.3 is 6.16 Å². The lowest BCUT2D eigenvalue weighted by molar-refractivity contribution is -0.181. The van der Waals surface area contributed by atoms with Gasteiger partial charge in [-0.25, -0.2) is 4.79 Å².